The van der Waals surface area contributed by atoms with Crippen LogP contribution in [0.4, 0.5) is 0 Å². The molecule has 2 heteroatoms. The third-order valence-electron chi connectivity index (χ3n) is 1.42. The summed E-state index contributed by atoms with van der Waals surface area (Å²) in [5, 5.41) is 0. The normalized spacial score (nSPS) is 38.6. The third kappa shape index (κ3) is 1.14. The molecule has 0 bridgehead atoms. The molecule has 0 saturated carbocycles. The standard InChI is InChI=1S/C5H13N2/c1-3-4-7(2)5-6-7/h6H,3-5H2,1-2H3/q+1. The van der Waals surface area contributed by atoms with Gasteiger partial charge >= 0.3 is 0 Å². The first-order valence-electron chi connectivity index (χ1n) is 2.86. The van der Waals surface area contributed by atoms with E-state index in [2.05, 4.69) is 19.4 Å². The van der Waals surface area contributed by atoms with E-state index in [1.807, 2.05) is 0 Å². The van der Waals surface area contributed by atoms with Gasteiger partial charge in [0.25, 0.3) is 0 Å². The van der Waals surface area contributed by atoms with Crippen molar-refractivity contribution in [2.75, 3.05) is 20.3 Å². The monoisotopic (exact) mass is 101 g/mol. The highest BCUT2D eigenvalue weighted by Gasteiger charge is 2.34. The lowest BCUT2D eigenvalue weighted by atomic mass is 10.5. The van der Waals surface area contributed by atoms with Crippen LogP contribution in [0.25, 0.3) is 0 Å². The van der Waals surface area contributed by atoms with Gasteiger partial charge in [0.05, 0.1) is 13.6 Å². The molecular weight excluding hydrogens is 88.1 g/mol. The van der Waals surface area contributed by atoms with Crippen molar-refractivity contribution in [1.29, 1.82) is 0 Å². The van der Waals surface area contributed by atoms with E-state index >= 15 is 0 Å². The van der Waals surface area contributed by atoms with Crippen molar-refractivity contribution in [2.45, 2.75) is 13.3 Å². The third-order valence-corrected chi connectivity index (χ3v) is 1.42. The van der Waals surface area contributed by atoms with Gasteiger partial charge in [0, 0.05) is 0 Å². The second-order valence-corrected chi connectivity index (χ2v) is 2.44. The SMILES string of the molecule is CCC[N+]1(C)CN1. The van der Waals surface area contributed by atoms with Crippen LogP contribution in [0.2, 0.25) is 0 Å². The lowest BCUT2D eigenvalue weighted by Gasteiger charge is -2.03. The average Bonchev–Trinajstić information content (AvgIpc) is 2.22. The highest BCUT2D eigenvalue weighted by Crippen LogP contribution is 2.07. The Morgan fingerprint density at radius 2 is 2.29 bits per heavy atom. The average molecular weight is 101 g/mol. The lowest BCUT2D eigenvalue weighted by molar-refractivity contribution is -0.803. The zero-order valence-corrected chi connectivity index (χ0v) is 5.07. The molecule has 1 unspecified atom stereocenters. The maximum atomic E-state index is 3.25. The molecule has 1 fully saturated rings. The quantitative estimate of drug-likeness (QED) is 0.392. The highest BCUT2D eigenvalue weighted by molar-refractivity contribution is 4.36. The van der Waals surface area contributed by atoms with Crippen LogP contribution in [0.15, 0.2) is 0 Å². The first-order valence-corrected chi connectivity index (χ1v) is 2.86. The molecule has 0 amide bonds. The molecule has 0 aliphatic carbocycles. The van der Waals surface area contributed by atoms with Crippen LogP contribution >= 0.6 is 0 Å². The van der Waals surface area contributed by atoms with E-state index in [0.29, 0.717) is 0 Å². The van der Waals surface area contributed by atoms with Crippen molar-refractivity contribution < 1.29 is 4.59 Å². The summed E-state index contributed by atoms with van der Waals surface area (Å²) in [6.07, 6.45) is 1.28. The minimum Gasteiger partial charge on any atom is -0.227 e. The Morgan fingerprint density at radius 3 is 2.43 bits per heavy atom. The number of nitrogens with zero attached hydrogens (tertiary/aromatic N) is 1. The Bertz CT molecular complexity index is 66.5. The predicted octanol–water partition coefficient (Wildman–Crippen LogP) is 0.319. The van der Waals surface area contributed by atoms with Crippen molar-refractivity contribution in [3.8, 4) is 0 Å². The van der Waals surface area contributed by atoms with Gasteiger partial charge in [-0.1, -0.05) is 6.92 Å². The molecule has 1 aliphatic rings. The molecule has 1 heterocycles. The zero-order valence-electron chi connectivity index (χ0n) is 5.07. The van der Waals surface area contributed by atoms with E-state index in [0.717, 1.165) is 4.59 Å². The molecule has 1 atom stereocenters. The Kier molecular flexibility index (Phi) is 1.05. The van der Waals surface area contributed by atoms with Gasteiger partial charge in [0.1, 0.15) is 0 Å². The lowest BCUT2D eigenvalue weighted by Crippen LogP contribution is -2.23. The van der Waals surface area contributed by atoms with Gasteiger partial charge < -0.3 is 0 Å². The van der Waals surface area contributed by atoms with E-state index in [4.69, 9.17) is 0 Å². The first-order chi connectivity index (χ1) is 3.27. The number of rotatable bonds is 2. The molecule has 1 rings (SSSR count). The number of nitrogens with one attached hydrogen (secondary N) is 1. The van der Waals surface area contributed by atoms with Gasteiger partial charge in [-0.2, -0.15) is 0 Å². The molecule has 0 spiro atoms. The van der Waals surface area contributed by atoms with Crippen molar-refractivity contribution in [1.82, 2.24) is 5.43 Å². The molecule has 1 N–H and O–H groups in total. The van der Waals surface area contributed by atoms with Gasteiger partial charge in [-0.05, 0) is 6.42 Å². The minimum absolute atomic E-state index is 1.09. The Morgan fingerprint density at radius 1 is 1.71 bits per heavy atom. The fourth-order valence-corrected chi connectivity index (χ4v) is 0.772. The van der Waals surface area contributed by atoms with E-state index in [-0.39, 0.29) is 0 Å². The molecule has 0 aromatic rings. The van der Waals surface area contributed by atoms with Crippen LogP contribution in [0.1, 0.15) is 13.3 Å². The van der Waals surface area contributed by atoms with Crippen LogP contribution in [0.5, 0.6) is 0 Å². The molecule has 1 aliphatic heterocycles. The van der Waals surface area contributed by atoms with Crippen LogP contribution in [-0.2, 0) is 0 Å². The summed E-state index contributed by atoms with van der Waals surface area (Å²) in [7, 11) is 2.21. The Balaban J connectivity index is 2.13. The van der Waals surface area contributed by atoms with E-state index in [1.165, 1.54) is 19.6 Å². The maximum absolute atomic E-state index is 3.25. The second-order valence-electron chi connectivity index (χ2n) is 2.44. The van der Waals surface area contributed by atoms with Crippen LogP contribution in [0.3, 0.4) is 0 Å². The van der Waals surface area contributed by atoms with Crippen molar-refractivity contribution >= 4 is 0 Å². The zero-order chi connectivity index (χ0) is 5.33. The highest BCUT2D eigenvalue weighted by atomic mass is 15.8. The van der Waals surface area contributed by atoms with Crippen molar-refractivity contribution in [3.05, 3.63) is 0 Å². The van der Waals surface area contributed by atoms with Crippen molar-refractivity contribution in [2.24, 2.45) is 0 Å². The van der Waals surface area contributed by atoms with Crippen LogP contribution < -0.4 is 5.43 Å². The van der Waals surface area contributed by atoms with E-state index in [1.54, 1.807) is 0 Å². The molecule has 2 nitrogen and oxygen atoms in total. The molecule has 0 radical (unpaired) electrons. The molecule has 7 heavy (non-hydrogen) atoms. The van der Waals surface area contributed by atoms with E-state index in [9.17, 15) is 0 Å². The summed E-state index contributed by atoms with van der Waals surface area (Å²) in [5.74, 6) is 0. The second kappa shape index (κ2) is 1.46. The van der Waals surface area contributed by atoms with Gasteiger partial charge in [-0.25, -0.2) is 4.59 Å². The summed E-state index contributed by atoms with van der Waals surface area (Å²) in [6.45, 7) is 4.66. The number of hydrogen-bond donors (Lipinski definition) is 1. The summed E-state index contributed by atoms with van der Waals surface area (Å²) in [6, 6.07) is 0. The van der Waals surface area contributed by atoms with Gasteiger partial charge in [-0.15, -0.1) is 5.43 Å². The first kappa shape index (κ1) is 5.06. The molecular formula is C5H13N2+. The van der Waals surface area contributed by atoms with Gasteiger partial charge in [0.2, 0.25) is 0 Å². The largest absolute Gasteiger partial charge is 0.227 e. The predicted molar refractivity (Wildman–Crippen MR) is 29.3 cm³/mol. The molecule has 1 saturated heterocycles. The van der Waals surface area contributed by atoms with Crippen LogP contribution in [-0.4, -0.2) is 24.9 Å². The fraction of sp³-hybridized carbons (Fsp3) is 1.00. The van der Waals surface area contributed by atoms with Crippen LogP contribution in [0, 0.1) is 0 Å². The summed E-state index contributed by atoms with van der Waals surface area (Å²) in [5.41, 5.74) is 3.25. The minimum atomic E-state index is 1.09. The number of hydrogen-bond acceptors (Lipinski definition) is 1. The molecule has 0 aromatic carbocycles. The van der Waals surface area contributed by atoms with Crippen molar-refractivity contribution in [3.63, 3.8) is 0 Å². The summed E-state index contributed by atoms with van der Waals surface area (Å²) < 4.78 is 1.09. The fourth-order valence-electron chi connectivity index (χ4n) is 0.772. The van der Waals surface area contributed by atoms with Gasteiger partial charge in [-0.3, -0.25) is 0 Å². The summed E-state index contributed by atoms with van der Waals surface area (Å²) >= 11 is 0. The summed E-state index contributed by atoms with van der Waals surface area (Å²) in [4.78, 5) is 0. The van der Waals surface area contributed by atoms with Gasteiger partial charge in [0.15, 0.2) is 6.67 Å². The van der Waals surface area contributed by atoms with E-state index < -0.39 is 0 Å². The molecule has 42 valence electrons. The molecule has 0 aromatic heterocycles. The maximum Gasteiger partial charge on any atom is 0.192 e. The Labute approximate surface area is 44.7 Å². The topological polar surface area (TPSA) is 21.9 Å². The number of quaternary nitrogens is 1. The smallest absolute Gasteiger partial charge is 0.192 e. The Hall–Kier alpha value is -0.0800.